The zero-order valence-electron chi connectivity index (χ0n) is 10.4. The second-order valence-electron chi connectivity index (χ2n) is 3.19. The van der Waals surface area contributed by atoms with Gasteiger partial charge >= 0.3 is 57.4 Å². The first kappa shape index (κ1) is 18.2. The van der Waals surface area contributed by atoms with Crippen LogP contribution in [-0.2, 0) is 9.53 Å². The minimum atomic E-state index is -1.11. The summed E-state index contributed by atoms with van der Waals surface area (Å²) in [4.78, 5) is 20.9. The number of carbonyl (C=O) groups excluding carboxylic acids is 1. The second kappa shape index (κ2) is 8.38. The average molecular weight is 293 g/mol. The van der Waals surface area contributed by atoms with E-state index in [-0.39, 0.29) is 63.6 Å². The van der Waals surface area contributed by atoms with Crippen molar-refractivity contribution in [3.8, 4) is 0 Å². The first-order valence-corrected chi connectivity index (χ1v) is 4.95. The fourth-order valence-corrected chi connectivity index (χ4v) is 1.20. The van der Waals surface area contributed by atoms with Crippen LogP contribution >= 0.6 is 0 Å². The summed E-state index contributed by atoms with van der Waals surface area (Å²) in [6, 6.07) is 2.67. The Morgan fingerprint density at radius 2 is 2.16 bits per heavy atom. The Hall–Kier alpha value is -0.804. The van der Waals surface area contributed by atoms with E-state index in [9.17, 15) is 24.4 Å². The molecule has 0 aliphatic carbocycles. The minimum absolute atomic E-state index is 0. The van der Waals surface area contributed by atoms with Crippen molar-refractivity contribution in [3.05, 3.63) is 45.5 Å². The average Bonchev–Trinajstić information content (AvgIpc) is 2.31. The first-order chi connectivity index (χ1) is 8.45. The van der Waals surface area contributed by atoms with Crippen molar-refractivity contribution < 1.29 is 75.3 Å². The number of esters is 1. The van der Waals surface area contributed by atoms with E-state index >= 15 is 0 Å². The molecule has 0 atom stereocenters. The molecule has 0 aromatic heterocycles. The van der Waals surface area contributed by atoms with Gasteiger partial charge in [-0.1, -0.05) is 0 Å². The molecule has 0 saturated heterocycles. The van der Waals surface area contributed by atoms with E-state index < -0.39 is 28.2 Å². The SMILES string of the molecule is CCOC(=O)C([O-])=Cc1ccc(F)cc1[N+](=O)[O-].[K+]. The zero-order chi connectivity index (χ0) is 13.7. The number of hydrogen-bond acceptors (Lipinski definition) is 5. The van der Waals surface area contributed by atoms with Gasteiger partial charge in [-0.25, -0.2) is 9.18 Å². The van der Waals surface area contributed by atoms with Crippen molar-refractivity contribution in [2.75, 3.05) is 6.61 Å². The van der Waals surface area contributed by atoms with Crippen LogP contribution in [0.4, 0.5) is 10.1 Å². The summed E-state index contributed by atoms with van der Waals surface area (Å²) < 4.78 is 17.3. The first-order valence-electron chi connectivity index (χ1n) is 4.95. The third-order valence-corrected chi connectivity index (χ3v) is 1.95. The maximum absolute atomic E-state index is 12.8. The van der Waals surface area contributed by atoms with Crippen molar-refractivity contribution in [3.63, 3.8) is 0 Å². The van der Waals surface area contributed by atoms with Gasteiger partial charge in [0.25, 0.3) is 5.69 Å². The topological polar surface area (TPSA) is 92.5 Å². The fraction of sp³-hybridized carbons (Fsp3) is 0.182. The Morgan fingerprint density at radius 1 is 1.53 bits per heavy atom. The summed E-state index contributed by atoms with van der Waals surface area (Å²) in [5.41, 5.74) is -0.743. The Kier molecular flexibility index (Phi) is 8.03. The minimum Gasteiger partial charge on any atom is -0.868 e. The van der Waals surface area contributed by atoms with E-state index in [1.54, 1.807) is 0 Å². The van der Waals surface area contributed by atoms with Crippen LogP contribution in [0, 0.1) is 15.9 Å². The smallest absolute Gasteiger partial charge is 0.868 e. The predicted octanol–water partition coefficient (Wildman–Crippen LogP) is -2.00. The van der Waals surface area contributed by atoms with Crippen molar-refractivity contribution in [1.82, 2.24) is 0 Å². The Balaban J connectivity index is 0.00000324. The van der Waals surface area contributed by atoms with E-state index in [0.29, 0.717) is 6.07 Å². The van der Waals surface area contributed by atoms with Crippen LogP contribution < -0.4 is 56.5 Å². The Bertz CT molecular complexity index is 518. The molecular weight excluding hydrogens is 284 g/mol. The second-order valence-corrected chi connectivity index (χ2v) is 3.19. The summed E-state index contributed by atoms with van der Waals surface area (Å²) in [5, 5.41) is 22.0. The molecular formula is C11H9FKNO5. The molecule has 0 aliphatic rings. The molecule has 1 rings (SSSR count). The summed E-state index contributed by atoms with van der Waals surface area (Å²) in [5.74, 6) is -2.95. The van der Waals surface area contributed by atoms with Gasteiger partial charge in [-0.05, 0) is 30.9 Å². The van der Waals surface area contributed by atoms with Gasteiger partial charge in [0.05, 0.1) is 23.2 Å². The van der Waals surface area contributed by atoms with Crippen molar-refractivity contribution in [1.29, 1.82) is 0 Å². The summed E-state index contributed by atoms with van der Waals surface area (Å²) in [7, 11) is 0. The number of nitrogens with zero attached hydrogens (tertiary/aromatic N) is 1. The summed E-state index contributed by atoms with van der Waals surface area (Å²) >= 11 is 0. The molecule has 0 aliphatic heterocycles. The molecule has 0 heterocycles. The van der Waals surface area contributed by atoms with Crippen molar-refractivity contribution >= 4 is 17.7 Å². The monoisotopic (exact) mass is 293 g/mol. The van der Waals surface area contributed by atoms with Crippen molar-refractivity contribution in [2.45, 2.75) is 6.92 Å². The van der Waals surface area contributed by atoms with Gasteiger partial charge in [-0.15, -0.1) is 0 Å². The number of benzene rings is 1. The standard InChI is InChI=1S/C11H10FNO5.K/c1-2-18-11(15)10(14)5-7-3-4-8(12)6-9(7)13(16)17;/h3-6,14H,2H2,1H3;/q;+1/p-1. The van der Waals surface area contributed by atoms with E-state index in [0.717, 1.165) is 18.2 Å². The zero-order valence-corrected chi connectivity index (χ0v) is 13.5. The van der Waals surface area contributed by atoms with Gasteiger partial charge in [0.2, 0.25) is 0 Å². The molecule has 19 heavy (non-hydrogen) atoms. The van der Waals surface area contributed by atoms with E-state index in [1.165, 1.54) is 6.92 Å². The summed E-state index contributed by atoms with van der Waals surface area (Å²) in [6.45, 7) is 1.54. The van der Waals surface area contributed by atoms with Crippen LogP contribution in [0.15, 0.2) is 24.0 Å². The van der Waals surface area contributed by atoms with Crippen LogP contribution in [-0.4, -0.2) is 17.5 Å². The van der Waals surface area contributed by atoms with Gasteiger partial charge in [-0.2, -0.15) is 0 Å². The molecule has 0 spiro atoms. The maximum atomic E-state index is 12.8. The molecule has 0 radical (unpaired) electrons. The summed E-state index contributed by atoms with van der Waals surface area (Å²) in [6.07, 6.45) is 0.746. The molecule has 6 nitrogen and oxygen atoms in total. The number of ether oxygens (including phenoxy) is 1. The maximum Gasteiger partial charge on any atom is 1.00 e. The van der Waals surface area contributed by atoms with Gasteiger partial charge < -0.3 is 9.84 Å². The Morgan fingerprint density at radius 3 is 2.68 bits per heavy atom. The van der Waals surface area contributed by atoms with Crippen LogP contribution in [0.25, 0.3) is 6.08 Å². The largest absolute Gasteiger partial charge is 1.00 e. The van der Waals surface area contributed by atoms with Crippen LogP contribution in [0.3, 0.4) is 0 Å². The number of nitro benzene ring substituents is 1. The molecule has 1 aromatic carbocycles. The van der Waals surface area contributed by atoms with Crippen molar-refractivity contribution in [2.24, 2.45) is 0 Å². The molecule has 0 amide bonds. The number of nitro groups is 1. The van der Waals surface area contributed by atoms with E-state index in [1.807, 2.05) is 0 Å². The van der Waals surface area contributed by atoms with Crippen LogP contribution in [0.1, 0.15) is 12.5 Å². The van der Waals surface area contributed by atoms with Crippen LogP contribution in [0.5, 0.6) is 0 Å². The van der Waals surface area contributed by atoms with Gasteiger partial charge in [0.15, 0.2) is 0 Å². The van der Waals surface area contributed by atoms with E-state index in [2.05, 4.69) is 4.74 Å². The molecule has 0 saturated carbocycles. The molecule has 96 valence electrons. The fourth-order valence-electron chi connectivity index (χ4n) is 1.20. The molecule has 0 fully saturated rings. The molecule has 8 heteroatoms. The number of hydrogen-bond donors (Lipinski definition) is 0. The van der Waals surface area contributed by atoms with Gasteiger partial charge in [0, 0.05) is 0 Å². The van der Waals surface area contributed by atoms with E-state index in [4.69, 9.17) is 0 Å². The predicted molar refractivity (Wildman–Crippen MR) is 57.7 cm³/mol. The third kappa shape index (κ3) is 5.37. The third-order valence-electron chi connectivity index (χ3n) is 1.95. The Labute approximate surface area is 150 Å². The normalized spacial score (nSPS) is 10.5. The van der Waals surface area contributed by atoms with Crippen LogP contribution in [0.2, 0.25) is 0 Å². The molecule has 0 bridgehead atoms. The molecule has 0 N–H and O–H groups in total. The van der Waals surface area contributed by atoms with Gasteiger partial charge in [-0.3, -0.25) is 10.1 Å². The molecule has 0 unspecified atom stereocenters. The molecule has 1 aromatic rings. The van der Waals surface area contributed by atoms with Gasteiger partial charge in [0.1, 0.15) is 5.82 Å². The number of carbonyl (C=O) groups is 1. The number of halogens is 1. The number of rotatable bonds is 4. The quantitative estimate of drug-likeness (QED) is 0.160.